The summed E-state index contributed by atoms with van der Waals surface area (Å²) in [5, 5.41) is 15.2. The van der Waals surface area contributed by atoms with Crippen molar-refractivity contribution in [2.24, 2.45) is 0 Å². The highest BCUT2D eigenvalue weighted by Gasteiger charge is 2.14. The second kappa shape index (κ2) is 6.95. The molecule has 3 heterocycles. The Hall–Kier alpha value is -3.22. The van der Waals surface area contributed by atoms with Gasteiger partial charge in [-0.2, -0.15) is 0 Å². The Morgan fingerprint density at radius 1 is 1.12 bits per heavy atom. The number of hydrogen-bond donors (Lipinski definition) is 1. The zero-order valence-corrected chi connectivity index (χ0v) is 14.5. The minimum Gasteiger partial charge on any atom is -0.361 e. The molecule has 26 heavy (non-hydrogen) atoms. The number of amides is 1. The van der Waals surface area contributed by atoms with Crippen LogP contribution in [-0.4, -0.2) is 34.4 Å². The van der Waals surface area contributed by atoms with E-state index in [1.807, 2.05) is 36.4 Å². The first-order valence-corrected chi connectivity index (χ1v) is 8.63. The molecule has 1 fully saturated rings. The predicted molar refractivity (Wildman–Crippen MR) is 98.1 cm³/mol. The van der Waals surface area contributed by atoms with Gasteiger partial charge in [0.05, 0.1) is 5.69 Å². The maximum Gasteiger partial charge on any atom is 0.277 e. The van der Waals surface area contributed by atoms with E-state index < -0.39 is 0 Å². The molecule has 0 atom stereocenters. The van der Waals surface area contributed by atoms with Crippen molar-refractivity contribution in [3.63, 3.8) is 0 Å². The summed E-state index contributed by atoms with van der Waals surface area (Å²) in [6.07, 6.45) is 2.41. The van der Waals surface area contributed by atoms with E-state index in [0.29, 0.717) is 11.4 Å². The number of nitrogens with zero attached hydrogens (tertiary/aromatic N) is 4. The lowest BCUT2D eigenvalue weighted by Gasteiger charge is -2.15. The lowest BCUT2D eigenvalue weighted by Crippen LogP contribution is -2.19. The van der Waals surface area contributed by atoms with Gasteiger partial charge in [-0.05, 0) is 44.0 Å². The van der Waals surface area contributed by atoms with Crippen molar-refractivity contribution < 1.29 is 9.32 Å². The number of anilines is 2. The van der Waals surface area contributed by atoms with Crippen molar-refractivity contribution in [3.8, 4) is 11.3 Å². The van der Waals surface area contributed by atoms with Gasteiger partial charge in [-0.1, -0.05) is 17.3 Å². The second-order valence-corrected chi connectivity index (χ2v) is 6.33. The molecule has 7 heteroatoms. The fourth-order valence-electron chi connectivity index (χ4n) is 3.02. The Balaban J connectivity index is 1.51. The van der Waals surface area contributed by atoms with Crippen molar-refractivity contribution in [1.29, 1.82) is 0 Å². The SMILES string of the molecule is Cc1cc(C(=O)Nc2cccc(-c3ccc(N4CCCC4)nn3)c2)no1. The summed E-state index contributed by atoms with van der Waals surface area (Å²) in [6, 6.07) is 13.1. The van der Waals surface area contributed by atoms with Crippen LogP contribution in [0.3, 0.4) is 0 Å². The molecule has 0 saturated carbocycles. The van der Waals surface area contributed by atoms with Crippen LogP contribution < -0.4 is 10.2 Å². The van der Waals surface area contributed by atoms with E-state index in [0.717, 1.165) is 30.2 Å². The van der Waals surface area contributed by atoms with Crippen molar-refractivity contribution in [2.45, 2.75) is 19.8 Å². The topological polar surface area (TPSA) is 84.2 Å². The van der Waals surface area contributed by atoms with Crippen LogP contribution in [0.2, 0.25) is 0 Å². The standard InChI is InChI=1S/C19H19N5O2/c1-13-11-17(23-26-13)19(25)20-15-6-4-5-14(12-15)16-7-8-18(22-21-16)24-9-2-3-10-24/h4-8,11-12H,2-3,9-10H2,1H3,(H,20,25). The quantitative estimate of drug-likeness (QED) is 0.778. The van der Waals surface area contributed by atoms with Crippen LogP contribution in [0.5, 0.6) is 0 Å². The Morgan fingerprint density at radius 2 is 1.96 bits per heavy atom. The molecule has 1 aliphatic rings. The van der Waals surface area contributed by atoms with Gasteiger partial charge in [0.15, 0.2) is 11.5 Å². The van der Waals surface area contributed by atoms with E-state index in [2.05, 4.69) is 25.6 Å². The summed E-state index contributed by atoms with van der Waals surface area (Å²) in [5.74, 6) is 1.20. The van der Waals surface area contributed by atoms with Gasteiger partial charge in [0.2, 0.25) is 0 Å². The summed E-state index contributed by atoms with van der Waals surface area (Å²) in [5.41, 5.74) is 2.57. The molecular formula is C19H19N5O2. The molecule has 1 aliphatic heterocycles. The summed E-state index contributed by atoms with van der Waals surface area (Å²) >= 11 is 0. The number of hydrogen-bond acceptors (Lipinski definition) is 6. The third kappa shape index (κ3) is 3.42. The first-order valence-electron chi connectivity index (χ1n) is 8.63. The highest BCUT2D eigenvalue weighted by Crippen LogP contribution is 2.23. The average molecular weight is 349 g/mol. The van der Waals surface area contributed by atoms with Crippen LogP contribution in [-0.2, 0) is 0 Å². The third-order valence-electron chi connectivity index (χ3n) is 4.36. The fraction of sp³-hybridized carbons (Fsp3) is 0.263. The molecular weight excluding hydrogens is 330 g/mol. The largest absolute Gasteiger partial charge is 0.361 e. The van der Waals surface area contributed by atoms with Crippen LogP contribution in [0, 0.1) is 6.92 Å². The van der Waals surface area contributed by atoms with E-state index in [1.54, 1.807) is 13.0 Å². The zero-order valence-electron chi connectivity index (χ0n) is 14.5. The second-order valence-electron chi connectivity index (χ2n) is 6.33. The molecule has 4 rings (SSSR count). The smallest absolute Gasteiger partial charge is 0.277 e. The van der Waals surface area contributed by atoms with Gasteiger partial charge in [-0.3, -0.25) is 4.79 Å². The number of carbonyl (C=O) groups excluding carboxylic acids is 1. The molecule has 1 N–H and O–H groups in total. The van der Waals surface area contributed by atoms with Gasteiger partial charge < -0.3 is 14.7 Å². The molecule has 1 saturated heterocycles. The lowest BCUT2D eigenvalue weighted by molar-refractivity contribution is 0.101. The fourth-order valence-corrected chi connectivity index (χ4v) is 3.02. The monoisotopic (exact) mass is 349 g/mol. The summed E-state index contributed by atoms with van der Waals surface area (Å²) in [7, 11) is 0. The maximum atomic E-state index is 12.2. The van der Waals surface area contributed by atoms with Crippen molar-refractivity contribution in [2.75, 3.05) is 23.3 Å². The Morgan fingerprint density at radius 3 is 2.65 bits per heavy atom. The third-order valence-corrected chi connectivity index (χ3v) is 4.36. The number of nitrogens with one attached hydrogen (secondary N) is 1. The number of rotatable bonds is 4. The Bertz CT molecular complexity index is 914. The molecule has 2 aromatic heterocycles. The number of aromatic nitrogens is 3. The van der Waals surface area contributed by atoms with Crippen molar-refractivity contribution >= 4 is 17.4 Å². The molecule has 0 radical (unpaired) electrons. The van der Waals surface area contributed by atoms with Gasteiger partial charge in [-0.15, -0.1) is 10.2 Å². The van der Waals surface area contributed by atoms with E-state index in [1.165, 1.54) is 12.8 Å². The first kappa shape index (κ1) is 16.3. The minimum absolute atomic E-state index is 0.252. The molecule has 3 aromatic rings. The highest BCUT2D eigenvalue weighted by atomic mass is 16.5. The van der Waals surface area contributed by atoms with E-state index >= 15 is 0 Å². The molecule has 0 spiro atoms. The first-order chi connectivity index (χ1) is 12.7. The van der Waals surface area contributed by atoms with E-state index in [-0.39, 0.29) is 11.6 Å². The molecule has 1 aromatic carbocycles. The zero-order chi connectivity index (χ0) is 17.9. The Kier molecular flexibility index (Phi) is 4.35. The van der Waals surface area contributed by atoms with Gasteiger partial charge in [0, 0.05) is 30.4 Å². The van der Waals surface area contributed by atoms with Crippen molar-refractivity contribution in [3.05, 3.63) is 53.9 Å². The number of carbonyl (C=O) groups is 1. The van der Waals surface area contributed by atoms with Crippen LogP contribution in [0.4, 0.5) is 11.5 Å². The van der Waals surface area contributed by atoms with Crippen LogP contribution in [0.1, 0.15) is 29.1 Å². The lowest BCUT2D eigenvalue weighted by atomic mass is 10.1. The van der Waals surface area contributed by atoms with Crippen LogP contribution in [0.15, 0.2) is 47.0 Å². The predicted octanol–water partition coefficient (Wildman–Crippen LogP) is 3.29. The van der Waals surface area contributed by atoms with E-state index in [9.17, 15) is 4.79 Å². The molecule has 0 aliphatic carbocycles. The maximum absolute atomic E-state index is 12.2. The normalized spacial score (nSPS) is 13.8. The van der Waals surface area contributed by atoms with Gasteiger partial charge in [-0.25, -0.2) is 0 Å². The molecule has 1 amide bonds. The number of benzene rings is 1. The summed E-state index contributed by atoms with van der Waals surface area (Å²) in [6.45, 7) is 3.82. The van der Waals surface area contributed by atoms with Crippen molar-refractivity contribution in [1.82, 2.24) is 15.4 Å². The van der Waals surface area contributed by atoms with Gasteiger partial charge in [0.25, 0.3) is 5.91 Å². The Labute approximate surface area is 151 Å². The van der Waals surface area contributed by atoms with Gasteiger partial charge >= 0.3 is 0 Å². The van der Waals surface area contributed by atoms with Crippen LogP contribution >= 0.6 is 0 Å². The highest BCUT2D eigenvalue weighted by molar-refractivity contribution is 6.03. The van der Waals surface area contributed by atoms with Gasteiger partial charge in [0.1, 0.15) is 5.76 Å². The summed E-state index contributed by atoms with van der Waals surface area (Å²) < 4.78 is 4.94. The minimum atomic E-state index is -0.311. The molecule has 0 unspecified atom stereocenters. The number of aryl methyl sites for hydroxylation is 1. The van der Waals surface area contributed by atoms with Crippen LogP contribution in [0.25, 0.3) is 11.3 Å². The molecule has 7 nitrogen and oxygen atoms in total. The summed E-state index contributed by atoms with van der Waals surface area (Å²) in [4.78, 5) is 14.4. The molecule has 0 bridgehead atoms. The van der Waals surface area contributed by atoms with E-state index in [4.69, 9.17) is 4.52 Å². The average Bonchev–Trinajstić information content (AvgIpc) is 3.34. The molecule has 132 valence electrons.